The summed E-state index contributed by atoms with van der Waals surface area (Å²) >= 11 is 0. The zero-order valence-electron chi connectivity index (χ0n) is 9.66. The highest BCUT2D eigenvalue weighted by Gasteiger charge is 2.15. The number of hydrogen-bond acceptors (Lipinski definition) is 5. The molecular formula is C11H19N5. The predicted octanol–water partition coefficient (Wildman–Crippen LogP) is 1.67. The second-order valence-corrected chi connectivity index (χ2v) is 4.40. The summed E-state index contributed by atoms with van der Waals surface area (Å²) in [5.41, 5.74) is 3.51. The van der Waals surface area contributed by atoms with Crippen LogP contribution in [0.15, 0.2) is 6.20 Å². The molecule has 1 fully saturated rings. The number of nitrogens with two attached hydrogens (primary N) is 1. The second-order valence-electron chi connectivity index (χ2n) is 4.40. The summed E-state index contributed by atoms with van der Waals surface area (Å²) in [4.78, 5) is 8.34. The van der Waals surface area contributed by atoms with Crippen LogP contribution in [0, 0.1) is 12.8 Å². The molecule has 2 rings (SSSR count). The summed E-state index contributed by atoms with van der Waals surface area (Å²) in [5, 5.41) is 3.38. The number of aromatic nitrogens is 2. The summed E-state index contributed by atoms with van der Waals surface area (Å²) in [7, 11) is 0. The van der Waals surface area contributed by atoms with Crippen LogP contribution in [-0.2, 0) is 0 Å². The van der Waals surface area contributed by atoms with Crippen LogP contribution in [0.3, 0.4) is 0 Å². The standard InChI is InChI=1S/C11H19N5/c1-8-6-14-11(16-12)15-10(8)13-7-9-4-2-3-5-9/h6,9H,2-5,7,12H2,1H3,(H2,13,14,15,16). The van der Waals surface area contributed by atoms with Crippen LogP contribution in [0.4, 0.5) is 11.8 Å². The number of rotatable bonds is 4. The van der Waals surface area contributed by atoms with Crippen LogP contribution in [-0.4, -0.2) is 16.5 Å². The van der Waals surface area contributed by atoms with Crippen molar-refractivity contribution in [2.75, 3.05) is 17.3 Å². The summed E-state index contributed by atoms with van der Waals surface area (Å²) in [6.45, 7) is 3.00. The lowest BCUT2D eigenvalue weighted by molar-refractivity contribution is 0.578. The highest BCUT2D eigenvalue weighted by Crippen LogP contribution is 2.25. The predicted molar refractivity (Wildman–Crippen MR) is 65.0 cm³/mol. The average molecular weight is 221 g/mol. The summed E-state index contributed by atoms with van der Waals surface area (Å²) in [5.74, 6) is 7.42. The molecule has 1 heterocycles. The summed E-state index contributed by atoms with van der Waals surface area (Å²) < 4.78 is 0. The van der Waals surface area contributed by atoms with Crippen molar-refractivity contribution in [1.82, 2.24) is 9.97 Å². The molecule has 4 N–H and O–H groups in total. The van der Waals surface area contributed by atoms with Crippen LogP contribution in [0.2, 0.25) is 0 Å². The van der Waals surface area contributed by atoms with E-state index in [1.807, 2.05) is 6.92 Å². The van der Waals surface area contributed by atoms with E-state index < -0.39 is 0 Å². The maximum atomic E-state index is 5.28. The molecule has 0 bridgehead atoms. The van der Waals surface area contributed by atoms with Gasteiger partial charge >= 0.3 is 0 Å². The van der Waals surface area contributed by atoms with E-state index in [4.69, 9.17) is 5.84 Å². The smallest absolute Gasteiger partial charge is 0.239 e. The van der Waals surface area contributed by atoms with E-state index in [0.717, 1.165) is 23.8 Å². The Bertz CT molecular complexity index is 346. The molecule has 0 amide bonds. The zero-order valence-corrected chi connectivity index (χ0v) is 9.66. The Morgan fingerprint density at radius 2 is 2.19 bits per heavy atom. The molecule has 0 radical (unpaired) electrons. The van der Waals surface area contributed by atoms with Crippen molar-refractivity contribution in [3.8, 4) is 0 Å². The Kier molecular flexibility index (Phi) is 3.56. The molecule has 5 heteroatoms. The van der Waals surface area contributed by atoms with Crippen molar-refractivity contribution in [3.63, 3.8) is 0 Å². The topological polar surface area (TPSA) is 75.9 Å². The molecule has 1 aromatic heterocycles. The van der Waals surface area contributed by atoms with Gasteiger partial charge in [-0.25, -0.2) is 10.8 Å². The van der Waals surface area contributed by atoms with Crippen LogP contribution < -0.4 is 16.6 Å². The molecule has 0 aromatic carbocycles. The third kappa shape index (κ3) is 2.61. The van der Waals surface area contributed by atoms with E-state index in [2.05, 4.69) is 20.7 Å². The zero-order chi connectivity index (χ0) is 11.4. The maximum absolute atomic E-state index is 5.28. The summed E-state index contributed by atoms with van der Waals surface area (Å²) in [6.07, 6.45) is 7.17. The fraction of sp³-hybridized carbons (Fsp3) is 0.636. The van der Waals surface area contributed by atoms with E-state index >= 15 is 0 Å². The lowest BCUT2D eigenvalue weighted by Gasteiger charge is -2.13. The molecule has 0 aliphatic heterocycles. The number of anilines is 2. The highest BCUT2D eigenvalue weighted by molar-refractivity contribution is 5.45. The molecule has 16 heavy (non-hydrogen) atoms. The number of hydrogen-bond donors (Lipinski definition) is 3. The fourth-order valence-corrected chi connectivity index (χ4v) is 2.15. The second kappa shape index (κ2) is 5.12. The van der Waals surface area contributed by atoms with Gasteiger partial charge in [0.15, 0.2) is 0 Å². The molecule has 1 aliphatic carbocycles. The minimum atomic E-state index is 0.458. The number of aryl methyl sites for hydroxylation is 1. The molecule has 1 aliphatic rings. The monoisotopic (exact) mass is 221 g/mol. The average Bonchev–Trinajstić information content (AvgIpc) is 2.81. The Morgan fingerprint density at radius 1 is 1.44 bits per heavy atom. The Morgan fingerprint density at radius 3 is 2.88 bits per heavy atom. The number of nitrogens with one attached hydrogen (secondary N) is 2. The van der Waals surface area contributed by atoms with Crippen LogP contribution in [0.1, 0.15) is 31.2 Å². The SMILES string of the molecule is Cc1cnc(NN)nc1NCC1CCCC1. The molecule has 0 atom stereocenters. The molecule has 1 aromatic rings. The van der Waals surface area contributed by atoms with Gasteiger partial charge in [0.25, 0.3) is 0 Å². The van der Waals surface area contributed by atoms with Gasteiger partial charge in [-0.1, -0.05) is 12.8 Å². The molecule has 1 saturated carbocycles. The molecule has 0 unspecified atom stereocenters. The molecule has 88 valence electrons. The third-order valence-corrected chi connectivity index (χ3v) is 3.13. The quantitative estimate of drug-likeness (QED) is 0.532. The third-order valence-electron chi connectivity index (χ3n) is 3.13. The first kappa shape index (κ1) is 11.1. The minimum Gasteiger partial charge on any atom is -0.369 e. The first-order chi connectivity index (χ1) is 7.79. The lowest BCUT2D eigenvalue weighted by Crippen LogP contribution is -2.15. The van der Waals surface area contributed by atoms with Crippen molar-refractivity contribution in [3.05, 3.63) is 11.8 Å². The maximum Gasteiger partial charge on any atom is 0.239 e. The Balaban J connectivity index is 1.96. The van der Waals surface area contributed by atoms with Gasteiger partial charge in [-0.3, -0.25) is 5.43 Å². The normalized spacial score (nSPS) is 16.4. The van der Waals surface area contributed by atoms with Gasteiger partial charge in [-0.05, 0) is 25.7 Å². The van der Waals surface area contributed by atoms with Gasteiger partial charge in [0.1, 0.15) is 5.82 Å². The molecular weight excluding hydrogens is 202 g/mol. The van der Waals surface area contributed by atoms with Crippen LogP contribution >= 0.6 is 0 Å². The van der Waals surface area contributed by atoms with Gasteiger partial charge in [0.2, 0.25) is 5.95 Å². The van der Waals surface area contributed by atoms with Gasteiger partial charge in [0.05, 0.1) is 0 Å². The van der Waals surface area contributed by atoms with Gasteiger partial charge in [-0.2, -0.15) is 4.98 Å². The van der Waals surface area contributed by atoms with Crippen LogP contribution in [0.5, 0.6) is 0 Å². The summed E-state index contributed by atoms with van der Waals surface area (Å²) in [6, 6.07) is 0. The van der Waals surface area contributed by atoms with E-state index in [1.54, 1.807) is 6.20 Å². The van der Waals surface area contributed by atoms with Crippen molar-refractivity contribution in [2.45, 2.75) is 32.6 Å². The minimum absolute atomic E-state index is 0.458. The van der Waals surface area contributed by atoms with Crippen molar-refractivity contribution in [1.29, 1.82) is 0 Å². The first-order valence-corrected chi connectivity index (χ1v) is 5.83. The first-order valence-electron chi connectivity index (χ1n) is 5.83. The molecule has 0 saturated heterocycles. The highest BCUT2D eigenvalue weighted by atomic mass is 15.3. The lowest BCUT2D eigenvalue weighted by atomic mass is 10.1. The van der Waals surface area contributed by atoms with E-state index in [0.29, 0.717) is 5.95 Å². The largest absolute Gasteiger partial charge is 0.369 e. The van der Waals surface area contributed by atoms with Crippen molar-refractivity contribution in [2.24, 2.45) is 11.8 Å². The van der Waals surface area contributed by atoms with E-state index in [1.165, 1.54) is 25.7 Å². The van der Waals surface area contributed by atoms with Gasteiger partial charge in [0, 0.05) is 18.3 Å². The van der Waals surface area contributed by atoms with E-state index in [9.17, 15) is 0 Å². The van der Waals surface area contributed by atoms with Crippen LogP contribution in [0.25, 0.3) is 0 Å². The molecule has 0 spiro atoms. The Hall–Kier alpha value is -1.36. The number of hydrazine groups is 1. The molecule has 5 nitrogen and oxygen atoms in total. The van der Waals surface area contributed by atoms with E-state index in [-0.39, 0.29) is 0 Å². The number of nitrogen functional groups attached to an aromatic ring is 1. The van der Waals surface area contributed by atoms with Gasteiger partial charge < -0.3 is 5.32 Å². The van der Waals surface area contributed by atoms with Crippen molar-refractivity contribution < 1.29 is 0 Å². The van der Waals surface area contributed by atoms with Crippen molar-refractivity contribution >= 4 is 11.8 Å². The number of nitrogens with zero attached hydrogens (tertiary/aromatic N) is 2. The Labute approximate surface area is 95.8 Å². The van der Waals surface area contributed by atoms with Gasteiger partial charge in [-0.15, -0.1) is 0 Å². The fourth-order valence-electron chi connectivity index (χ4n) is 2.15.